The fourth-order valence-electron chi connectivity index (χ4n) is 1.43. The molecule has 0 saturated carbocycles. The molecule has 1 aromatic carbocycles. The van der Waals surface area contributed by atoms with Crippen molar-refractivity contribution in [1.82, 2.24) is 5.32 Å². The predicted octanol–water partition coefficient (Wildman–Crippen LogP) is 2.53. The van der Waals surface area contributed by atoms with Gasteiger partial charge in [-0.2, -0.15) is 0 Å². The molecule has 0 fully saturated rings. The average molecular weight is 215 g/mol. The Morgan fingerprint density at radius 3 is 2.56 bits per heavy atom. The van der Waals surface area contributed by atoms with E-state index in [0.717, 1.165) is 18.4 Å². The molecule has 0 aliphatic carbocycles. The standard InChI is InChI=1S/C14H17NO/c1-4-6-13(5-2)15-14(16)12-9-7-11(3)8-10-12/h2,7-10,13H,4,6H2,1,3H3,(H,15,16). The van der Waals surface area contributed by atoms with Gasteiger partial charge in [0.2, 0.25) is 0 Å². The number of hydrogen-bond acceptors (Lipinski definition) is 1. The van der Waals surface area contributed by atoms with Gasteiger partial charge in [-0.1, -0.05) is 37.0 Å². The Labute approximate surface area is 97.1 Å². The van der Waals surface area contributed by atoms with Gasteiger partial charge in [0.05, 0.1) is 6.04 Å². The first-order chi connectivity index (χ1) is 7.67. The van der Waals surface area contributed by atoms with Crippen LogP contribution >= 0.6 is 0 Å². The highest BCUT2D eigenvalue weighted by molar-refractivity contribution is 5.94. The van der Waals surface area contributed by atoms with Crippen LogP contribution in [0.5, 0.6) is 0 Å². The summed E-state index contributed by atoms with van der Waals surface area (Å²) >= 11 is 0. The summed E-state index contributed by atoms with van der Waals surface area (Å²) in [7, 11) is 0. The van der Waals surface area contributed by atoms with Crippen LogP contribution in [0, 0.1) is 19.3 Å². The molecule has 2 nitrogen and oxygen atoms in total. The van der Waals surface area contributed by atoms with Gasteiger partial charge in [-0.15, -0.1) is 6.42 Å². The summed E-state index contributed by atoms with van der Waals surface area (Å²) in [5.74, 6) is 2.48. The summed E-state index contributed by atoms with van der Waals surface area (Å²) in [6.45, 7) is 4.03. The van der Waals surface area contributed by atoms with Crippen molar-refractivity contribution >= 4 is 5.91 Å². The molecule has 0 aliphatic heterocycles. The smallest absolute Gasteiger partial charge is 0.252 e. The Hall–Kier alpha value is -1.75. The van der Waals surface area contributed by atoms with Crippen LogP contribution in [0.25, 0.3) is 0 Å². The van der Waals surface area contributed by atoms with E-state index >= 15 is 0 Å². The molecule has 0 saturated heterocycles. The Balaban J connectivity index is 2.65. The van der Waals surface area contributed by atoms with Crippen molar-refractivity contribution in [1.29, 1.82) is 0 Å². The lowest BCUT2D eigenvalue weighted by Gasteiger charge is -2.11. The summed E-state index contributed by atoms with van der Waals surface area (Å²) in [5.41, 5.74) is 1.79. The van der Waals surface area contributed by atoms with E-state index in [4.69, 9.17) is 6.42 Å². The van der Waals surface area contributed by atoms with Crippen LogP contribution in [0.4, 0.5) is 0 Å². The molecular weight excluding hydrogens is 198 g/mol. The van der Waals surface area contributed by atoms with E-state index < -0.39 is 0 Å². The zero-order valence-corrected chi connectivity index (χ0v) is 9.79. The molecule has 1 N–H and O–H groups in total. The van der Waals surface area contributed by atoms with E-state index in [9.17, 15) is 4.79 Å². The second-order valence-corrected chi connectivity index (χ2v) is 3.85. The molecule has 0 aliphatic rings. The van der Waals surface area contributed by atoms with Crippen LogP contribution in [-0.4, -0.2) is 11.9 Å². The number of carbonyl (C=O) groups excluding carboxylic acids is 1. The van der Waals surface area contributed by atoms with Crippen molar-refractivity contribution < 1.29 is 4.79 Å². The quantitative estimate of drug-likeness (QED) is 0.768. The summed E-state index contributed by atoms with van der Waals surface area (Å²) in [5, 5.41) is 2.83. The lowest BCUT2D eigenvalue weighted by Crippen LogP contribution is -2.33. The number of aryl methyl sites for hydroxylation is 1. The lowest BCUT2D eigenvalue weighted by molar-refractivity contribution is 0.0944. The predicted molar refractivity (Wildman–Crippen MR) is 66.2 cm³/mol. The number of amides is 1. The van der Waals surface area contributed by atoms with E-state index in [0.29, 0.717) is 5.56 Å². The minimum Gasteiger partial charge on any atom is -0.338 e. The van der Waals surface area contributed by atoms with Crippen LogP contribution < -0.4 is 5.32 Å². The monoisotopic (exact) mass is 215 g/mol. The van der Waals surface area contributed by atoms with Gasteiger partial charge in [0.25, 0.3) is 5.91 Å². The summed E-state index contributed by atoms with van der Waals surface area (Å²) < 4.78 is 0. The molecule has 1 amide bonds. The van der Waals surface area contributed by atoms with Crippen molar-refractivity contribution in [3.63, 3.8) is 0 Å². The third-order valence-corrected chi connectivity index (χ3v) is 2.40. The van der Waals surface area contributed by atoms with E-state index in [2.05, 4.69) is 11.2 Å². The minimum atomic E-state index is -0.168. The lowest BCUT2D eigenvalue weighted by atomic mass is 10.1. The molecule has 0 spiro atoms. The summed E-state index contributed by atoms with van der Waals surface area (Å²) in [6.07, 6.45) is 7.12. The van der Waals surface area contributed by atoms with E-state index in [1.807, 2.05) is 38.1 Å². The molecule has 2 heteroatoms. The van der Waals surface area contributed by atoms with E-state index in [1.54, 1.807) is 0 Å². The largest absolute Gasteiger partial charge is 0.338 e. The van der Waals surface area contributed by atoms with Crippen molar-refractivity contribution in [2.45, 2.75) is 32.7 Å². The number of nitrogens with one attached hydrogen (secondary N) is 1. The number of benzene rings is 1. The Kier molecular flexibility index (Phi) is 4.60. The molecule has 0 bridgehead atoms. The highest BCUT2D eigenvalue weighted by atomic mass is 16.1. The first-order valence-electron chi connectivity index (χ1n) is 5.51. The fraction of sp³-hybridized carbons (Fsp3) is 0.357. The normalized spacial score (nSPS) is 11.6. The SMILES string of the molecule is C#CC(CCC)NC(=O)c1ccc(C)cc1. The Bertz CT molecular complexity index is 386. The number of rotatable bonds is 4. The van der Waals surface area contributed by atoms with Gasteiger partial charge in [-0.05, 0) is 25.5 Å². The van der Waals surface area contributed by atoms with Gasteiger partial charge >= 0.3 is 0 Å². The van der Waals surface area contributed by atoms with Gasteiger partial charge in [-0.3, -0.25) is 4.79 Å². The van der Waals surface area contributed by atoms with E-state index in [-0.39, 0.29) is 11.9 Å². The Morgan fingerprint density at radius 2 is 2.06 bits per heavy atom. The van der Waals surface area contributed by atoms with Crippen molar-refractivity contribution in [2.75, 3.05) is 0 Å². The van der Waals surface area contributed by atoms with Gasteiger partial charge in [0, 0.05) is 5.56 Å². The van der Waals surface area contributed by atoms with Crippen LogP contribution in [0.15, 0.2) is 24.3 Å². The van der Waals surface area contributed by atoms with Gasteiger partial charge < -0.3 is 5.32 Å². The summed E-state index contributed by atoms with van der Waals surface area (Å²) in [4.78, 5) is 11.8. The second-order valence-electron chi connectivity index (χ2n) is 3.85. The third kappa shape index (κ3) is 3.43. The second kappa shape index (κ2) is 5.97. The molecule has 84 valence electrons. The van der Waals surface area contributed by atoms with Crippen molar-refractivity contribution in [3.8, 4) is 12.3 Å². The molecule has 1 atom stereocenters. The number of terminal acetylenes is 1. The highest BCUT2D eigenvalue weighted by Crippen LogP contribution is 2.04. The maximum absolute atomic E-state index is 11.8. The van der Waals surface area contributed by atoms with Crippen LogP contribution in [-0.2, 0) is 0 Å². The maximum atomic E-state index is 11.8. The summed E-state index contributed by atoms with van der Waals surface area (Å²) in [6, 6.07) is 7.28. The van der Waals surface area contributed by atoms with Gasteiger partial charge in [0.1, 0.15) is 0 Å². The van der Waals surface area contributed by atoms with Crippen molar-refractivity contribution in [3.05, 3.63) is 35.4 Å². The minimum absolute atomic E-state index is 0.101. The van der Waals surface area contributed by atoms with E-state index in [1.165, 1.54) is 0 Å². The highest BCUT2D eigenvalue weighted by Gasteiger charge is 2.09. The molecule has 1 unspecified atom stereocenters. The molecule has 1 aromatic rings. The molecule has 0 radical (unpaired) electrons. The van der Waals surface area contributed by atoms with Crippen LogP contribution in [0.2, 0.25) is 0 Å². The number of hydrogen-bond donors (Lipinski definition) is 1. The topological polar surface area (TPSA) is 29.1 Å². The van der Waals surface area contributed by atoms with Crippen LogP contribution in [0.1, 0.15) is 35.7 Å². The molecule has 1 rings (SSSR count). The number of carbonyl (C=O) groups is 1. The fourth-order valence-corrected chi connectivity index (χ4v) is 1.43. The van der Waals surface area contributed by atoms with Crippen molar-refractivity contribution in [2.24, 2.45) is 0 Å². The van der Waals surface area contributed by atoms with Crippen LogP contribution in [0.3, 0.4) is 0 Å². The Morgan fingerprint density at radius 1 is 1.44 bits per heavy atom. The van der Waals surface area contributed by atoms with Gasteiger partial charge in [0.15, 0.2) is 0 Å². The first kappa shape index (κ1) is 12.3. The average Bonchev–Trinajstić information content (AvgIpc) is 2.29. The maximum Gasteiger partial charge on any atom is 0.252 e. The van der Waals surface area contributed by atoms with Gasteiger partial charge in [-0.25, -0.2) is 0 Å². The molecule has 0 heterocycles. The zero-order chi connectivity index (χ0) is 12.0. The first-order valence-corrected chi connectivity index (χ1v) is 5.51. The third-order valence-electron chi connectivity index (χ3n) is 2.40. The molecular formula is C14H17NO. The molecule has 16 heavy (non-hydrogen) atoms. The molecule has 0 aromatic heterocycles. The zero-order valence-electron chi connectivity index (χ0n) is 9.79.